The Morgan fingerprint density at radius 3 is 2.19 bits per heavy atom. The number of hydrogen-bond acceptors (Lipinski definition) is 2. The topological polar surface area (TPSA) is 49.4 Å². The van der Waals surface area contributed by atoms with Gasteiger partial charge in [0.05, 0.1) is 0 Å². The Labute approximate surface area is 162 Å². The van der Waals surface area contributed by atoms with Crippen molar-refractivity contribution in [3.8, 4) is 0 Å². The molecule has 0 aliphatic heterocycles. The Balaban J connectivity index is 2.16. The average Bonchev–Trinajstić information content (AvgIpc) is 2.58. The molecule has 1 N–H and O–H groups in total. The van der Waals surface area contributed by atoms with Crippen molar-refractivity contribution in [2.24, 2.45) is 0 Å². The maximum Gasteiger partial charge on any atom is 0.226 e. The molecule has 4 nitrogen and oxygen atoms in total. The van der Waals surface area contributed by atoms with Crippen LogP contribution in [0.4, 0.5) is 11.4 Å². The predicted molar refractivity (Wildman–Crippen MR) is 112 cm³/mol. The predicted octanol–water partition coefficient (Wildman–Crippen LogP) is 4.86. The van der Waals surface area contributed by atoms with Crippen molar-refractivity contribution < 1.29 is 9.59 Å². The molecule has 2 rings (SSSR count). The van der Waals surface area contributed by atoms with Crippen LogP contribution in [0.1, 0.15) is 48.1 Å². The molecule has 0 aromatic heterocycles. The number of aryl methyl sites for hydroxylation is 5. The second kappa shape index (κ2) is 8.85. The molecule has 0 atom stereocenters. The van der Waals surface area contributed by atoms with Crippen LogP contribution in [-0.4, -0.2) is 18.4 Å². The van der Waals surface area contributed by atoms with Gasteiger partial charge >= 0.3 is 0 Å². The van der Waals surface area contributed by atoms with Gasteiger partial charge in [-0.3, -0.25) is 9.59 Å². The summed E-state index contributed by atoms with van der Waals surface area (Å²) in [5.41, 5.74) is 7.24. The number of hydrogen-bond donors (Lipinski definition) is 1. The molecule has 0 saturated heterocycles. The molecular weight excluding hydrogens is 336 g/mol. The van der Waals surface area contributed by atoms with Crippen LogP contribution < -0.4 is 10.2 Å². The highest BCUT2D eigenvalue weighted by atomic mass is 16.2. The van der Waals surface area contributed by atoms with Crippen LogP contribution in [0, 0.1) is 27.7 Å². The number of nitrogens with zero attached hydrogens (tertiary/aromatic N) is 1. The quantitative estimate of drug-likeness (QED) is 0.793. The maximum atomic E-state index is 12.6. The van der Waals surface area contributed by atoms with Crippen molar-refractivity contribution in [2.75, 3.05) is 16.8 Å². The molecule has 0 spiro atoms. The monoisotopic (exact) mass is 366 g/mol. The summed E-state index contributed by atoms with van der Waals surface area (Å²) >= 11 is 0. The Hall–Kier alpha value is -2.62. The van der Waals surface area contributed by atoms with Crippen LogP contribution in [0.2, 0.25) is 0 Å². The van der Waals surface area contributed by atoms with Crippen LogP contribution in [0.15, 0.2) is 30.3 Å². The van der Waals surface area contributed by atoms with E-state index in [0.29, 0.717) is 6.54 Å². The van der Waals surface area contributed by atoms with E-state index in [1.165, 1.54) is 5.56 Å². The second-order valence-electron chi connectivity index (χ2n) is 7.18. The molecule has 2 aromatic carbocycles. The van der Waals surface area contributed by atoms with Gasteiger partial charge in [-0.05, 0) is 56.4 Å². The molecule has 0 fully saturated rings. The Morgan fingerprint density at radius 2 is 1.63 bits per heavy atom. The number of amides is 2. The summed E-state index contributed by atoms with van der Waals surface area (Å²) < 4.78 is 0. The number of anilines is 2. The van der Waals surface area contributed by atoms with Crippen LogP contribution in [0.25, 0.3) is 0 Å². The Bertz CT molecular complexity index is 832. The average molecular weight is 367 g/mol. The standard InChI is InChI=1S/C23H30N2O2/c1-7-20-10-8-9-16(3)22(20)24-21(27)11-12-25(19(6)26)23-17(4)13-15(2)14-18(23)5/h8-10,13-14H,7,11-12H2,1-6H3,(H,24,27). The lowest BCUT2D eigenvalue weighted by Gasteiger charge is -2.25. The normalized spacial score (nSPS) is 10.6. The lowest BCUT2D eigenvalue weighted by atomic mass is 10.0. The van der Waals surface area contributed by atoms with Gasteiger partial charge in [0.1, 0.15) is 0 Å². The zero-order chi connectivity index (χ0) is 20.1. The minimum Gasteiger partial charge on any atom is -0.326 e. The van der Waals surface area contributed by atoms with E-state index >= 15 is 0 Å². The molecule has 0 aliphatic rings. The van der Waals surface area contributed by atoms with E-state index in [2.05, 4.69) is 24.4 Å². The van der Waals surface area contributed by atoms with Crippen molar-refractivity contribution >= 4 is 23.2 Å². The summed E-state index contributed by atoms with van der Waals surface area (Å²) in [6.45, 7) is 12.0. The van der Waals surface area contributed by atoms with Gasteiger partial charge in [-0.15, -0.1) is 0 Å². The highest BCUT2D eigenvalue weighted by Gasteiger charge is 2.18. The summed E-state index contributed by atoms with van der Waals surface area (Å²) in [4.78, 5) is 26.5. The molecule has 27 heavy (non-hydrogen) atoms. The van der Waals surface area contributed by atoms with E-state index < -0.39 is 0 Å². The SMILES string of the molecule is CCc1cccc(C)c1NC(=O)CCN(C(C)=O)c1c(C)cc(C)cc1C. The first kappa shape index (κ1) is 20.7. The molecule has 0 unspecified atom stereocenters. The molecule has 0 aliphatic carbocycles. The third-order valence-electron chi connectivity index (χ3n) is 4.85. The summed E-state index contributed by atoms with van der Waals surface area (Å²) in [6.07, 6.45) is 1.11. The zero-order valence-corrected chi connectivity index (χ0v) is 17.3. The fourth-order valence-electron chi connectivity index (χ4n) is 3.64. The van der Waals surface area contributed by atoms with E-state index in [1.54, 1.807) is 11.8 Å². The lowest BCUT2D eigenvalue weighted by Crippen LogP contribution is -2.33. The summed E-state index contributed by atoms with van der Waals surface area (Å²) in [5.74, 6) is -0.129. The fourth-order valence-corrected chi connectivity index (χ4v) is 3.64. The van der Waals surface area contributed by atoms with Crippen molar-refractivity contribution in [1.29, 1.82) is 0 Å². The van der Waals surface area contributed by atoms with E-state index in [1.807, 2.05) is 45.9 Å². The van der Waals surface area contributed by atoms with E-state index in [-0.39, 0.29) is 18.2 Å². The number of rotatable bonds is 6. The Morgan fingerprint density at radius 1 is 1.00 bits per heavy atom. The first-order valence-electron chi connectivity index (χ1n) is 9.48. The minimum absolute atomic E-state index is 0.0528. The second-order valence-corrected chi connectivity index (χ2v) is 7.18. The van der Waals surface area contributed by atoms with Crippen LogP contribution in [0.3, 0.4) is 0 Å². The first-order valence-corrected chi connectivity index (χ1v) is 9.48. The molecule has 144 valence electrons. The molecule has 2 aromatic rings. The molecule has 0 heterocycles. The van der Waals surface area contributed by atoms with E-state index in [9.17, 15) is 9.59 Å². The third kappa shape index (κ3) is 4.97. The minimum atomic E-state index is -0.0762. The molecular formula is C23H30N2O2. The van der Waals surface area contributed by atoms with Crippen LogP contribution >= 0.6 is 0 Å². The molecule has 0 bridgehead atoms. The summed E-state index contributed by atoms with van der Waals surface area (Å²) in [6, 6.07) is 10.2. The summed E-state index contributed by atoms with van der Waals surface area (Å²) in [5, 5.41) is 3.04. The van der Waals surface area contributed by atoms with Crippen molar-refractivity contribution in [3.05, 3.63) is 58.1 Å². The van der Waals surface area contributed by atoms with E-state index in [0.717, 1.165) is 40.0 Å². The zero-order valence-electron chi connectivity index (χ0n) is 17.3. The van der Waals surface area contributed by atoms with Crippen LogP contribution in [0.5, 0.6) is 0 Å². The van der Waals surface area contributed by atoms with Crippen LogP contribution in [-0.2, 0) is 16.0 Å². The number of benzene rings is 2. The number of carbonyl (C=O) groups is 2. The molecule has 4 heteroatoms. The summed E-state index contributed by atoms with van der Waals surface area (Å²) in [7, 11) is 0. The highest BCUT2D eigenvalue weighted by molar-refractivity contribution is 5.96. The highest BCUT2D eigenvalue weighted by Crippen LogP contribution is 2.27. The fraction of sp³-hybridized carbons (Fsp3) is 0.391. The van der Waals surface area contributed by atoms with Gasteiger partial charge in [-0.2, -0.15) is 0 Å². The Kier molecular flexibility index (Phi) is 6.78. The van der Waals surface area contributed by atoms with Gasteiger partial charge in [0.25, 0.3) is 0 Å². The van der Waals surface area contributed by atoms with E-state index in [4.69, 9.17) is 0 Å². The van der Waals surface area contributed by atoms with Gasteiger partial charge in [0, 0.05) is 31.3 Å². The van der Waals surface area contributed by atoms with Gasteiger partial charge in [-0.1, -0.05) is 42.8 Å². The third-order valence-corrected chi connectivity index (χ3v) is 4.85. The van der Waals surface area contributed by atoms with Crippen molar-refractivity contribution in [3.63, 3.8) is 0 Å². The van der Waals surface area contributed by atoms with Crippen molar-refractivity contribution in [2.45, 2.75) is 54.4 Å². The number of para-hydroxylation sites is 1. The number of carbonyl (C=O) groups excluding carboxylic acids is 2. The van der Waals surface area contributed by atoms with Gasteiger partial charge < -0.3 is 10.2 Å². The maximum absolute atomic E-state index is 12.6. The molecule has 0 saturated carbocycles. The lowest BCUT2D eigenvalue weighted by molar-refractivity contribution is -0.117. The molecule has 2 amide bonds. The largest absolute Gasteiger partial charge is 0.326 e. The van der Waals surface area contributed by atoms with Gasteiger partial charge in [0.2, 0.25) is 11.8 Å². The van der Waals surface area contributed by atoms with Gasteiger partial charge in [-0.25, -0.2) is 0 Å². The first-order chi connectivity index (χ1) is 12.7. The smallest absolute Gasteiger partial charge is 0.226 e. The molecule has 0 radical (unpaired) electrons. The number of nitrogens with one attached hydrogen (secondary N) is 1. The van der Waals surface area contributed by atoms with Crippen molar-refractivity contribution in [1.82, 2.24) is 0 Å². The van der Waals surface area contributed by atoms with Gasteiger partial charge in [0.15, 0.2) is 0 Å².